The molecule has 7 heteroatoms. The minimum atomic E-state index is 0.284. The average Bonchev–Trinajstić information content (AvgIpc) is 3.52. The van der Waals surface area contributed by atoms with Crippen LogP contribution in [-0.4, -0.2) is 39.9 Å². The second-order valence-electron chi connectivity index (χ2n) is 8.62. The van der Waals surface area contributed by atoms with E-state index in [0.717, 1.165) is 68.3 Å². The summed E-state index contributed by atoms with van der Waals surface area (Å²) in [6, 6.07) is 12.5. The summed E-state index contributed by atoms with van der Waals surface area (Å²) in [7, 11) is 2.12. The molecule has 0 amide bonds. The third-order valence-corrected chi connectivity index (χ3v) is 7.17. The smallest absolute Gasteiger partial charge is 0.157 e. The van der Waals surface area contributed by atoms with Crippen LogP contribution in [0.1, 0.15) is 31.9 Å². The lowest BCUT2D eigenvalue weighted by Crippen LogP contribution is -2.34. The Balaban J connectivity index is 1.29. The van der Waals surface area contributed by atoms with Gasteiger partial charge in [0.1, 0.15) is 24.2 Å². The molecule has 1 aliphatic heterocycles. The van der Waals surface area contributed by atoms with E-state index < -0.39 is 0 Å². The first kappa shape index (κ1) is 22.0. The number of rotatable bonds is 9. The predicted octanol–water partition coefficient (Wildman–Crippen LogP) is 5.27. The molecule has 1 saturated heterocycles. The van der Waals surface area contributed by atoms with Crippen LogP contribution in [0.2, 0.25) is 0 Å². The molecule has 1 aliphatic rings. The fourth-order valence-electron chi connectivity index (χ4n) is 4.58. The Morgan fingerprint density at radius 1 is 1.15 bits per heavy atom. The normalized spacial score (nSPS) is 14.7. The van der Waals surface area contributed by atoms with E-state index in [-0.39, 0.29) is 6.10 Å². The summed E-state index contributed by atoms with van der Waals surface area (Å²) in [5.74, 6) is 2.74. The number of thiophene rings is 1. The van der Waals surface area contributed by atoms with Crippen molar-refractivity contribution in [3.8, 4) is 23.0 Å². The highest BCUT2D eigenvalue weighted by Gasteiger charge is 2.17. The minimum Gasteiger partial charge on any atom is -0.492 e. The van der Waals surface area contributed by atoms with Crippen LogP contribution in [0.4, 0.5) is 0 Å². The zero-order valence-electron chi connectivity index (χ0n) is 19.4. The van der Waals surface area contributed by atoms with Gasteiger partial charge in [-0.1, -0.05) is 19.4 Å². The SMILES string of the molecule is CCCc1cnc(-c2cc3sccc3n2C)n1CCOc1cccc(OC2CCNCC2)c1. The number of hydrogen-bond acceptors (Lipinski definition) is 5. The van der Waals surface area contributed by atoms with Crippen molar-refractivity contribution in [3.05, 3.63) is 53.7 Å². The monoisotopic (exact) mass is 464 g/mol. The molecule has 0 unspecified atom stereocenters. The van der Waals surface area contributed by atoms with Gasteiger partial charge in [-0.2, -0.15) is 0 Å². The van der Waals surface area contributed by atoms with Gasteiger partial charge in [0.25, 0.3) is 0 Å². The second-order valence-corrected chi connectivity index (χ2v) is 9.57. The van der Waals surface area contributed by atoms with E-state index in [2.05, 4.69) is 45.9 Å². The molecule has 0 bridgehead atoms. The van der Waals surface area contributed by atoms with E-state index in [4.69, 9.17) is 14.5 Å². The molecule has 174 valence electrons. The first-order chi connectivity index (χ1) is 16.2. The van der Waals surface area contributed by atoms with Gasteiger partial charge in [0.15, 0.2) is 5.82 Å². The van der Waals surface area contributed by atoms with E-state index in [1.165, 1.54) is 15.9 Å². The lowest BCUT2D eigenvalue weighted by molar-refractivity contribution is 0.161. The molecule has 4 aromatic rings. The van der Waals surface area contributed by atoms with E-state index in [1.807, 2.05) is 30.5 Å². The van der Waals surface area contributed by atoms with Crippen LogP contribution in [0.15, 0.2) is 48.0 Å². The van der Waals surface area contributed by atoms with Gasteiger partial charge in [-0.05, 0) is 62.0 Å². The number of nitrogens with one attached hydrogen (secondary N) is 1. The zero-order valence-corrected chi connectivity index (χ0v) is 20.2. The molecule has 33 heavy (non-hydrogen) atoms. The Kier molecular flexibility index (Phi) is 6.69. The Morgan fingerprint density at radius 2 is 2.00 bits per heavy atom. The first-order valence-corrected chi connectivity index (χ1v) is 12.8. The van der Waals surface area contributed by atoms with Gasteiger partial charge in [0, 0.05) is 25.0 Å². The summed E-state index contributed by atoms with van der Waals surface area (Å²) in [5.41, 5.74) is 3.66. The van der Waals surface area contributed by atoms with Gasteiger partial charge in [0.05, 0.1) is 22.5 Å². The highest BCUT2D eigenvalue weighted by atomic mass is 32.1. The molecule has 1 N–H and O–H groups in total. The van der Waals surface area contributed by atoms with Gasteiger partial charge in [0.2, 0.25) is 0 Å². The van der Waals surface area contributed by atoms with Crippen LogP contribution in [0, 0.1) is 0 Å². The number of aryl methyl sites for hydroxylation is 2. The third-order valence-electron chi connectivity index (χ3n) is 6.32. The Hall–Kier alpha value is -2.77. The predicted molar refractivity (Wildman–Crippen MR) is 134 cm³/mol. The maximum Gasteiger partial charge on any atom is 0.157 e. The van der Waals surface area contributed by atoms with Crippen molar-refractivity contribution in [1.29, 1.82) is 0 Å². The summed E-state index contributed by atoms with van der Waals surface area (Å²) in [6.07, 6.45) is 6.49. The van der Waals surface area contributed by atoms with Crippen molar-refractivity contribution >= 4 is 21.6 Å². The van der Waals surface area contributed by atoms with Crippen molar-refractivity contribution in [2.24, 2.45) is 7.05 Å². The lowest BCUT2D eigenvalue weighted by Gasteiger charge is -2.24. The number of benzene rings is 1. The molecule has 3 aromatic heterocycles. The molecule has 0 atom stereocenters. The summed E-state index contributed by atoms with van der Waals surface area (Å²) < 4.78 is 18.2. The van der Waals surface area contributed by atoms with Crippen molar-refractivity contribution in [2.75, 3.05) is 19.7 Å². The van der Waals surface area contributed by atoms with Crippen LogP contribution in [0.3, 0.4) is 0 Å². The third kappa shape index (κ3) is 4.80. The van der Waals surface area contributed by atoms with E-state index >= 15 is 0 Å². The highest BCUT2D eigenvalue weighted by molar-refractivity contribution is 7.17. The van der Waals surface area contributed by atoms with Gasteiger partial charge >= 0.3 is 0 Å². The summed E-state index contributed by atoms with van der Waals surface area (Å²) in [5, 5.41) is 5.52. The van der Waals surface area contributed by atoms with Crippen LogP contribution in [-0.2, 0) is 20.0 Å². The van der Waals surface area contributed by atoms with Crippen LogP contribution in [0.5, 0.6) is 11.5 Å². The fourth-order valence-corrected chi connectivity index (χ4v) is 5.43. The summed E-state index contributed by atoms with van der Waals surface area (Å²) in [4.78, 5) is 4.81. The number of nitrogens with zero attached hydrogens (tertiary/aromatic N) is 3. The van der Waals surface area contributed by atoms with Crippen LogP contribution >= 0.6 is 11.3 Å². The van der Waals surface area contributed by atoms with Crippen molar-refractivity contribution in [3.63, 3.8) is 0 Å². The summed E-state index contributed by atoms with van der Waals surface area (Å²) in [6.45, 7) is 5.58. The Morgan fingerprint density at radius 3 is 2.82 bits per heavy atom. The average molecular weight is 465 g/mol. The van der Waals surface area contributed by atoms with Gasteiger partial charge in [-0.15, -0.1) is 11.3 Å². The number of ether oxygens (including phenoxy) is 2. The van der Waals surface area contributed by atoms with Crippen molar-refractivity contribution < 1.29 is 9.47 Å². The topological polar surface area (TPSA) is 53.2 Å². The summed E-state index contributed by atoms with van der Waals surface area (Å²) >= 11 is 1.77. The molecule has 0 aliphatic carbocycles. The number of hydrogen-bond donors (Lipinski definition) is 1. The maximum atomic E-state index is 6.17. The number of aromatic nitrogens is 3. The van der Waals surface area contributed by atoms with Gasteiger partial charge < -0.3 is 23.9 Å². The molecular formula is C26H32N4O2S. The largest absolute Gasteiger partial charge is 0.492 e. The fraction of sp³-hybridized carbons (Fsp3) is 0.423. The number of imidazole rings is 1. The first-order valence-electron chi connectivity index (χ1n) is 11.9. The molecule has 0 radical (unpaired) electrons. The van der Waals surface area contributed by atoms with Crippen LogP contribution < -0.4 is 14.8 Å². The van der Waals surface area contributed by atoms with Gasteiger partial charge in [-0.25, -0.2) is 4.98 Å². The quantitative estimate of drug-likeness (QED) is 0.367. The molecule has 0 spiro atoms. The zero-order chi connectivity index (χ0) is 22.6. The molecular weight excluding hydrogens is 432 g/mol. The molecule has 1 fully saturated rings. The van der Waals surface area contributed by atoms with E-state index in [0.29, 0.717) is 6.61 Å². The van der Waals surface area contributed by atoms with Crippen molar-refractivity contribution in [1.82, 2.24) is 19.4 Å². The van der Waals surface area contributed by atoms with E-state index in [1.54, 1.807) is 11.3 Å². The number of fused-ring (bicyclic) bond motifs is 1. The number of piperidine rings is 1. The highest BCUT2D eigenvalue weighted by Crippen LogP contribution is 2.31. The Labute approximate surface area is 199 Å². The molecule has 1 aromatic carbocycles. The minimum absolute atomic E-state index is 0.284. The van der Waals surface area contributed by atoms with E-state index in [9.17, 15) is 0 Å². The molecule has 0 saturated carbocycles. The molecule has 4 heterocycles. The van der Waals surface area contributed by atoms with Crippen LogP contribution in [0.25, 0.3) is 21.7 Å². The maximum absolute atomic E-state index is 6.17. The van der Waals surface area contributed by atoms with Crippen molar-refractivity contribution in [2.45, 2.75) is 45.3 Å². The Bertz CT molecular complexity index is 1200. The standard InChI is InChI=1S/C26H32N4O2S/c1-3-5-19-18-28-26(24-17-25-23(29(24)2)10-15-33-25)30(19)13-14-31-21-6-4-7-22(16-21)32-20-8-11-27-12-9-20/h4,6-7,10,15-18,20,27H,3,5,8-9,11-14H2,1-2H3. The second kappa shape index (κ2) is 10.0. The lowest BCUT2D eigenvalue weighted by atomic mass is 10.1. The molecule has 6 nitrogen and oxygen atoms in total. The van der Waals surface area contributed by atoms with Gasteiger partial charge in [-0.3, -0.25) is 0 Å². The molecule has 5 rings (SSSR count).